The van der Waals surface area contributed by atoms with Crippen molar-refractivity contribution >= 4 is 12.6 Å². The van der Waals surface area contributed by atoms with Gasteiger partial charge in [-0.3, -0.25) is 0 Å². The largest absolute Gasteiger partial charge is 0.506 e. The molecule has 0 unspecified atom stereocenters. The molecule has 1 aromatic carbocycles. The van der Waals surface area contributed by atoms with Crippen LogP contribution < -0.4 is 0 Å². The zero-order chi connectivity index (χ0) is 16.2. The van der Waals surface area contributed by atoms with Crippen molar-refractivity contribution in [3.8, 4) is 5.75 Å². The third-order valence-corrected chi connectivity index (χ3v) is 4.56. The van der Waals surface area contributed by atoms with Crippen molar-refractivity contribution in [1.29, 1.82) is 0 Å². The Labute approximate surface area is 141 Å². The number of benzene rings is 1. The normalized spacial score (nSPS) is 11.0. The molecule has 0 aliphatic heterocycles. The Kier molecular flexibility index (Phi) is 10.4. The molecule has 1 aromatic rings. The number of thiol groups is 1. The van der Waals surface area contributed by atoms with Gasteiger partial charge in [-0.15, -0.1) is 12.6 Å². The number of phenols is 1. The monoisotopic (exact) mass is 324 g/mol. The first-order valence-corrected chi connectivity index (χ1v) is 9.28. The SMILES string of the molecule is CCCCCCCCCCCCc1cc(S)c(O)c(CO)c1. The molecule has 0 fully saturated rings. The molecule has 0 bridgehead atoms. The summed E-state index contributed by atoms with van der Waals surface area (Å²) >= 11 is 4.26. The van der Waals surface area contributed by atoms with Crippen LogP contribution in [0, 0.1) is 0 Å². The quantitative estimate of drug-likeness (QED) is 0.344. The Morgan fingerprint density at radius 2 is 1.41 bits per heavy atom. The lowest BCUT2D eigenvalue weighted by molar-refractivity contribution is 0.274. The second-order valence-corrected chi connectivity index (χ2v) is 6.69. The Morgan fingerprint density at radius 3 is 1.95 bits per heavy atom. The van der Waals surface area contributed by atoms with Crippen LogP contribution >= 0.6 is 12.6 Å². The van der Waals surface area contributed by atoms with Crippen LogP contribution in [0.1, 0.15) is 82.3 Å². The van der Waals surface area contributed by atoms with E-state index in [1.165, 1.54) is 64.2 Å². The van der Waals surface area contributed by atoms with E-state index in [9.17, 15) is 10.2 Å². The fraction of sp³-hybridized carbons (Fsp3) is 0.684. The molecule has 0 aromatic heterocycles. The topological polar surface area (TPSA) is 40.5 Å². The van der Waals surface area contributed by atoms with Gasteiger partial charge in [0.15, 0.2) is 0 Å². The summed E-state index contributed by atoms with van der Waals surface area (Å²) in [4.78, 5) is 0.564. The van der Waals surface area contributed by atoms with Crippen LogP contribution in [0.2, 0.25) is 0 Å². The van der Waals surface area contributed by atoms with E-state index in [-0.39, 0.29) is 12.4 Å². The minimum atomic E-state index is -0.134. The summed E-state index contributed by atoms with van der Waals surface area (Å²) in [6.45, 7) is 2.12. The average molecular weight is 325 g/mol. The van der Waals surface area contributed by atoms with E-state index in [1.807, 2.05) is 12.1 Å². The van der Waals surface area contributed by atoms with Gasteiger partial charge in [0.2, 0.25) is 0 Å². The number of aromatic hydroxyl groups is 1. The summed E-state index contributed by atoms with van der Waals surface area (Å²) < 4.78 is 0. The zero-order valence-electron chi connectivity index (χ0n) is 14.0. The molecule has 0 atom stereocenters. The smallest absolute Gasteiger partial charge is 0.134 e. The molecule has 3 heteroatoms. The summed E-state index contributed by atoms with van der Waals surface area (Å²) in [5.41, 5.74) is 1.74. The first-order valence-electron chi connectivity index (χ1n) is 8.83. The lowest BCUT2D eigenvalue weighted by atomic mass is 10.0. The van der Waals surface area contributed by atoms with Gasteiger partial charge in [-0.2, -0.15) is 0 Å². The van der Waals surface area contributed by atoms with Crippen molar-refractivity contribution in [3.05, 3.63) is 23.3 Å². The van der Waals surface area contributed by atoms with Gasteiger partial charge >= 0.3 is 0 Å². The standard InChI is InChI=1S/C19H32O2S/c1-2-3-4-5-6-7-8-9-10-11-12-16-13-17(15-20)19(21)18(22)14-16/h13-14,20-22H,2-12,15H2,1H3. The molecule has 0 saturated heterocycles. The highest BCUT2D eigenvalue weighted by Crippen LogP contribution is 2.28. The lowest BCUT2D eigenvalue weighted by Crippen LogP contribution is -1.92. The summed E-state index contributed by atoms with van der Waals surface area (Å²) in [7, 11) is 0. The van der Waals surface area contributed by atoms with Gasteiger partial charge in [0.1, 0.15) is 5.75 Å². The summed E-state index contributed by atoms with van der Waals surface area (Å²) in [6, 6.07) is 3.80. The molecule has 0 saturated carbocycles. The fourth-order valence-corrected chi connectivity index (χ4v) is 3.13. The number of hydrogen-bond acceptors (Lipinski definition) is 3. The number of aliphatic hydroxyl groups is 1. The summed E-state index contributed by atoms with van der Waals surface area (Å²) in [6.07, 6.45) is 14.3. The highest BCUT2D eigenvalue weighted by atomic mass is 32.1. The molecule has 2 N–H and O–H groups in total. The van der Waals surface area contributed by atoms with Crippen molar-refractivity contribution < 1.29 is 10.2 Å². The molecule has 0 aliphatic carbocycles. The van der Waals surface area contributed by atoms with Gasteiger partial charge in [-0.1, -0.05) is 64.7 Å². The van der Waals surface area contributed by atoms with Gasteiger partial charge in [0, 0.05) is 10.5 Å². The number of aliphatic hydroxyl groups excluding tert-OH is 1. The van der Waals surface area contributed by atoms with Gasteiger partial charge in [-0.05, 0) is 30.5 Å². The molecule has 1 rings (SSSR count). The van der Waals surface area contributed by atoms with E-state index >= 15 is 0 Å². The van der Waals surface area contributed by atoms with Crippen molar-refractivity contribution in [2.24, 2.45) is 0 Å². The predicted octanol–water partition coefficient (Wildman–Crippen LogP) is 5.64. The van der Waals surface area contributed by atoms with E-state index < -0.39 is 0 Å². The predicted molar refractivity (Wildman–Crippen MR) is 96.8 cm³/mol. The fourth-order valence-electron chi connectivity index (χ4n) is 2.82. The molecule has 0 spiro atoms. The van der Waals surface area contributed by atoms with Crippen LogP contribution in [0.4, 0.5) is 0 Å². The maximum atomic E-state index is 9.73. The van der Waals surface area contributed by atoms with Crippen LogP contribution in [-0.4, -0.2) is 10.2 Å². The van der Waals surface area contributed by atoms with Crippen molar-refractivity contribution in [2.45, 2.75) is 89.1 Å². The van der Waals surface area contributed by atoms with E-state index in [1.54, 1.807) is 0 Å². The highest BCUT2D eigenvalue weighted by molar-refractivity contribution is 7.80. The van der Waals surface area contributed by atoms with Crippen LogP contribution in [-0.2, 0) is 13.0 Å². The minimum absolute atomic E-state index is 0.109. The van der Waals surface area contributed by atoms with E-state index in [0.29, 0.717) is 10.5 Å². The number of hydrogen-bond donors (Lipinski definition) is 3. The number of unbranched alkanes of at least 4 members (excludes halogenated alkanes) is 9. The van der Waals surface area contributed by atoms with Gasteiger partial charge < -0.3 is 10.2 Å². The van der Waals surface area contributed by atoms with Gasteiger partial charge in [0.25, 0.3) is 0 Å². The first kappa shape index (κ1) is 19.4. The number of aryl methyl sites for hydroxylation is 1. The molecule has 22 heavy (non-hydrogen) atoms. The molecule has 2 nitrogen and oxygen atoms in total. The van der Waals surface area contributed by atoms with E-state index in [4.69, 9.17) is 0 Å². The van der Waals surface area contributed by atoms with E-state index in [0.717, 1.165) is 12.0 Å². The molecule has 0 amide bonds. The molecule has 0 heterocycles. The maximum absolute atomic E-state index is 9.73. The Morgan fingerprint density at radius 1 is 0.864 bits per heavy atom. The first-order chi connectivity index (χ1) is 10.7. The Balaban J connectivity index is 2.11. The summed E-state index contributed by atoms with van der Waals surface area (Å²) in [5, 5.41) is 19.0. The molecule has 0 aliphatic rings. The van der Waals surface area contributed by atoms with Gasteiger partial charge in [0.05, 0.1) is 6.61 Å². The lowest BCUT2D eigenvalue weighted by Gasteiger charge is -2.08. The third kappa shape index (κ3) is 7.55. The Bertz CT molecular complexity index is 418. The molecular weight excluding hydrogens is 292 g/mol. The molecular formula is C19H32O2S. The average Bonchev–Trinajstić information content (AvgIpc) is 2.52. The van der Waals surface area contributed by atoms with Crippen molar-refractivity contribution in [3.63, 3.8) is 0 Å². The van der Waals surface area contributed by atoms with Crippen LogP contribution in [0.5, 0.6) is 5.75 Å². The number of rotatable bonds is 12. The van der Waals surface area contributed by atoms with Crippen LogP contribution in [0.15, 0.2) is 17.0 Å². The molecule has 126 valence electrons. The Hall–Kier alpha value is -0.670. The summed E-state index contributed by atoms with van der Waals surface area (Å²) in [5.74, 6) is 0.109. The van der Waals surface area contributed by atoms with Crippen LogP contribution in [0.25, 0.3) is 0 Å². The van der Waals surface area contributed by atoms with Gasteiger partial charge in [-0.25, -0.2) is 0 Å². The zero-order valence-corrected chi connectivity index (χ0v) is 14.9. The van der Waals surface area contributed by atoms with Crippen LogP contribution in [0.3, 0.4) is 0 Å². The second-order valence-electron chi connectivity index (χ2n) is 6.21. The second kappa shape index (κ2) is 11.8. The third-order valence-electron chi connectivity index (χ3n) is 4.22. The van der Waals surface area contributed by atoms with Crippen molar-refractivity contribution in [1.82, 2.24) is 0 Å². The maximum Gasteiger partial charge on any atom is 0.134 e. The van der Waals surface area contributed by atoms with Crippen molar-refractivity contribution in [2.75, 3.05) is 0 Å². The van der Waals surface area contributed by atoms with E-state index in [2.05, 4.69) is 19.6 Å². The molecule has 0 radical (unpaired) electrons. The highest BCUT2D eigenvalue weighted by Gasteiger charge is 2.06. The minimum Gasteiger partial charge on any atom is -0.506 e.